The Kier molecular flexibility index (Phi) is 15.5. The third-order valence-electron chi connectivity index (χ3n) is 3.52. The second kappa shape index (κ2) is 16.8. The number of rotatable bonds is 6. The Hall–Kier alpha value is -2.74. The maximum Gasteiger partial charge on any atom is 0.261 e. The molecule has 0 aromatic heterocycles. The first-order chi connectivity index (χ1) is 16.2. The van der Waals surface area contributed by atoms with Gasteiger partial charge in [-0.15, -0.1) is 9.45 Å². The number of anilines is 1. The fourth-order valence-electron chi connectivity index (χ4n) is 2.42. The molecule has 0 aliphatic heterocycles. The number of aromatic hydroxyl groups is 1. The summed E-state index contributed by atoms with van der Waals surface area (Å²) in [5, 5.41) is 35.6. The van der Waals surface area contributed by atoms with E-state index in [1.807, 2.05) is 64.1 Å². The summed E-state index contributed by atoms with van der Waals surface area (Å²) < 4.78 is 30.4. The number of benzene rings is 3. The summed E-state index contributed by atoms with van der Waals surface area (Å²) in [6.45, 7) is 8.00. The predicted molar refractivity (Wildman–Crippen MR) is 137 cm³/mol. The van der Waals surface area contributed by atoms with E-state index < -0.39 is 10.1 Å². The molecule has 0 amide bonds. The molecule has 0 spiro atoms. The van der Waals surface area contributed by atoms with E-state index in [9.17, 15) is 13.5 Å². The number of phenols is 1. The average Bonchev–Trinajstić information content (AvgIpc) is 2.84. The van der Waals surface area contributed by atoms with E-state index in [-0.39, 0.29) is 11.4 Å². The number of hydrogen-bond acceptors (Lipinski definition) is 10. The van der Waals surface area contributed by atoms with Crippen LogP contribution in [0.3, 0.4) is 0 Å². The zero-order chi connectivity index (χ0) is 26.1. The Balaban J connectivity index is 0.00000106. The molecule has 0 aliphatic rings. The van der Waals surface area contributed by atoms with Gasteiger partial charge in [-0.1, -0.05) is 63.1 Å². The lowest BCUT2D eigenvalue weighted by molar-refractivity contribution is -0.432. The lowest BCUT2D eigenvalue weighted by Crippen LogP contribution is -1.91. The van der Waals surface area contributed by atoms with Crippen molar-refractivity contribution in [3.8, 4) is 5.75 Å². The molecule has 0 unspecified atom stereocenters. The molecule has 3 aromatic rings. The Morgan fingerprint density at radius 1 is 0.971 bits per heavy atom. The van der Waals surface area contributed by atoms with E-state index in [0.717, 1.165) is 23.1 Å². The fraction of sp³-hybridized carbons (Fsp3) is 0.273. The minimum Gasteiger partial charge on any atom is -0.505 e. The first-order valence-corrected chi connectivity index (χ1v) is 12.8. The van der Waals surface area contributed by atoms with Crippen molar-refractivity contribution in [2.24, 2.45) is 10.2 Å². The van der Waals surface area contributed by atoms with E-state index >= 15 is 0 Å². The van der Waals surface area contributed by atoms with E-state index in [1.54, 1.807) is 25.2 Å². The van der Waals surface area contributed by atoms with E-state index in [0.29, 0.717) is 22.2 Å². The monoisotopic (exact) mass is 513 g/mol. The molecule has 0 bridgehead atoms. The van der Waals surface area contributed by atoms with Crippen LogP contribution in [-0.2, 0) is 19.5 Å². The predicted octanol–water partition coefficient (Wildman–Crippen LogP) is 6.99. The van der Waals surface area contributed by atoms with Gasteiger partial charge in [0.05, 0.1) is 28.9 Å². The van der Waals surface area contributed by atoms with Gasteiger partial charge in [0.1, 0.15) is 5.69 Å². The van der Waals surface area contributed by atoms with Gasteiger partial charge in [0.2, 0.25) is 0 Å². The molecule has 3 rings (SSSR count). The topological polar surface area (TPSA) is 150 Å². The van der Waals surface area contributed by atoms with E-state index in [2.05, 4.69) is 24.9 Å². The van der Waals surface area contributed by atoms with Gasteiger partial charge >= 0.3 is 0 Å². The highest BCUT2D eigenvalue weighted by Gasteiger charge is 2.17. The Labute approximate surface area is 204 Å². The van der Waals surface area contributed by atoms with Gasteiger partial charge in [0, 0.05) is 18.1 Å². The van der Waals surface area contributed by atoms with Crippen molar-refractivity contribution in [2.75, 3.05) is 18.6 Å². The molecule has 0 saturated heterocycles. The van der Waals surface area contributed by atoms with Crippen LogP contribution in [0.1, 0.15) is 27.7 Å². The zero-order valence-electron chi connectivity index (χ0n) is 19.9. The minimum absolute atomic E-state index is 0.0498. The van der Waals surface area contributed by atoms with Crippen LogP contribution in [-0.4, -0.2) is 36.6 Å². The van der Waals surface area contributed by atoms with Crippen molar-refractivity contribution in [2.45, 2.75) is 32.6 Å². The van der Waals surface area contributed by atoms with Crippen molar-refractivity contribution < 1.29 is 32.7 Å². The van der Waals surface area contributed by atoms with Crippen molar-refractivity contribution in [1.82, 2.24) is 0 Å². The van der Waals surface area contributed by atoms with E-state index in [1.165, 1.54) is 0 Å². The number of phenolic OH excluding ortho intramolecular Hbond substituents is 1. The number of azo groups is 1. The molecular formula is C22H31N3O7S2. The Morgan fingerprint density at radius 2 is 1.56 bits per heavy atom. The van der Waals surface area contributed by atoms with Crippen LogP contribution in [0.5, 0.6) is 5.75 Å². The third-order valence-corrected chi connectivity index (χ3v) is 4.14. The first-order valence-electron chi connectivity index (χ1n) is 10.2. The summed E-state index contributed by atoms with van der Waals surface area (Å²) in [7, 11) is -1.90. The quantitative estimate of drug-likeness (QED) is 0.0898. The normalized spacial score (nSPS) is 10.4. The van der Waals surface area contributed by atoms with E-state index in [4.69, 9.17) is 9.81 Å². The van der Waals surface area contributed by atoms with Gasteiger partial charge in [-0.25, -0.2) is 5.26 Å². The highest BCUT2D eigenvalue weighted by molar-refractivity contribution is 7.94. The molecular weight excluding hydrogens is 482 g/mol. The molecule has 0 heterocycles. The van der Waals surface area contributed by atoms with Crippen LogP contribution in [0.15, 0.2) is 69.7 Å². The zero-order valence-corrected chi connectivity index (χ0v) is 21.5. The summed E-state index contributed by atoms with van der Waals surface area (Å²) >= 11 is 0.718. The second-order valence-electron chi connectivity index (χ2n) is 5.72. The summed E-state index contributed by atoms with van der Waals surface area (Å²) in [6, 6.07) is 16.5. The third kappa shape index (κ3) is 10.9. The van der Waals surface area contributed by atoms with Crippen molar-refractivity contribution in [1.29, 1.82) is 0 Å². The van der Waals surface area contributed by atoms with Crippen LogP contribution in [0.25, 0.3) is 10.8 Å². The average molecular weight is 514 g/mol. The maximum atomic E-state index is 10.8. The number of nitrogens with zero attached hydrogens (tertiary/aromatic N) is 2. The molecule has 0 aliphatic carbocycles. The molecule has 0 fully saturated rings. The minimum atomic E-state index is -3.67. The highest BCUT2D eigenvalue weighted by atomic mass is 32.2. The van der Waals surface area contributed by atoms with Crippen molar-refractivity contribution >= 4 is 50.0 Å². The molecule has 0 atom stereocenters. The summed E-state index contributed by atoms with van der Waals surface area (Å²) in [5.41, 5.74) is 1.60. The Morgan fingerprint density at radius 3 is 2.09 bits per heavy atom. The van der Waals surface area contributed by atoms with Gasteiger partial charge in [0.25, 0.3) is 10.1 Å². The van der Waals surface area contributed by atoms with Crippen LogP contribution in [0.2, 0.25) is 0 Å². The smallest absolute Gasteiger partial charge is 0.261 e. The van der Waals surface area contributed by atoms with Crippen LogP contribution >= 0.6 is 12.0 Å². The number of hydrogen-bond donors (Lipinski definition) is 4. The lowest BCUT2D eigenvalue weighted by atomic mass is 10.1. The fourth-order valence-corrected chi connectivity index (χ4v) is 2.92. The summed E-state index contributed by atoms with van der Waals surface area (Å²) in [5.74, 6) is -0.0498. The molecule has 10 nitrogen and oxygen atoms in total. The molecule has 0 radical (unpaired) electrons. The van der Waals surface area contributed by atoms with Gasteiger partial charge in [-0.05, 0) is 29.7 Å². The number of nitrogens with one attached hydrogen (secondary N) is 1. The van der Waals surface area contributed by atoms with Crippen LogP contribution in [0.4, 0.5) is 17.1 Å². The summed E-state index contributed by atoms with van der Waals surface area (Å²) in [6.07, 6.45) is 0.715. The second-order valence-corrected chi connectivity index (χ2v) is 7.93. The standard InChI is InChI=1S/C17H15N3O4S.2C2H6.CH4O3S/c1-18-13-9-5-6-11-10-14(25-24-23-22)16(17(21)15(11)13)20-19-12-7-3-2-4-8-12;2*1-2;1-5(2,3)4/h2-10,18,21-22H,1H3;2*1-2H3;1H3,(H,2,3,4). The molecule has 0 saturated carbocycles. The van der Waals surface area contributed by atoms with Crippen LogP contribution in [0, 0.1) is 0 Å². The summed E-state index contributed by atoms with van der Waals surface area (Å²) in [4.78, 5) is 0.437. The molecule has 3 aromatic carbocycles. The van der Waals surface area contributed by atoms with Crippen molar-refractivity contribution in [3.63, 3.8) is 0 Å². The maximum absolute atomic E-state index is 10.8. The van der Waals surface area contributed by atoms with Gasteiger partial charge in [-0.2, -0.15) is 13.5 Å². The van der Waals surface area contributed by atoms with Crippen molar-refractivity contribution in [3.05, 3.63) is 54.6 Å². The molecule has 12 heteroatoms. The van der Waals surface area contributed by atoms with Gasteiger partial charge in [0.15, 0.2) is 5.75 Å². The number of fused-ring (bicyclic) bond motifs is 1. The van der Waals surface area contributed by atoms with Gasteiger partial charge < -0.3 is 10.4 Å². The SMILES string of the molecule is CC.CC.CNc1cccc2cc(SOOO)c(N=Nc3ccccc3)c(O)c12.CS(=O)(=O)O. The van der Waals surface area contributed by atoms with Crippen LogP contribution < -0.4 is 5.32 Å². The molecule has 34 heavy (non-hydrogen) atoms. The lowest BCUT2D eigenvalue weighted by Gasteiger charge is -2.12. The highest BCUT2D eigenvalue weighted by Crippen LogP contribution is 2.46. The largest absolute Gasteiger partial charge is 0.505 e. The van der Waals surface area contributed by atoms with Gasteiger partial charge in [-0.3, -0.25) is 4.55 Å². The molecule has 188 valence electrons. The molecule has 4 N–H and O–H groups in total. The Bertz CT molecular complexity index is 1120. The first kappa shape index (κ1) is 31.3.